The first kappa shape index (κ1) is 15.9. The number of amides is 1. The van der Waals surface area contributed by atoms with E-state index >= 15 is 0 Å². The van der Waals surface area contributed by atoms with Crippen molar-refractivity contribution in [3.8, 4) is 5.69 Å². The van der Waals surface area contributed by atoms with Gasteiger partial charge in [-0.3, -0.25) is 4.79 Å². The van der Waals surface area contributed by atoms with E-state index < -0.39 is 11.7 Å². The van der Waals surface area contributed by atoms with Gasteiger partial charge in [0.2, 0.25) is 5.76 Å². The molecule has 1 N–H and O–H groups in total. The molecule has 3 aromatic rings. The highest BCUT2D eigenvalue weighted by atomic mass is 19.1. The van der Waals surface area contributed by atoms with E-state index in [1.165, 1.54) is 10.7 Å². The van der Waals surface area contributed by atoms with Crippen LogP contribution in [0.3, 0.4) is 0 Å². The van der Waals surface area contributed by atoms with Gasteiger partial charge in [0.25, 0.3) is 5.91 Å². The van der Waals surface area contributed by atoms with Crippen molar-refractivity contribution in [2.75, 3.05) is 0 Å². The molecule has 6 nitrogen and oxygen atoms in total. The van der Waals surface area contributed by atoms with Crippen molar-refractivity contribution in [1.82, 2.24) is 20.3 Å². The minimum Gasteiger partial charge on any atom is -0.351 e. The molecule has 7 heteroatoms. The molecule has 1 amide bonds. The Bertz CT molecular complexity index is 884. The van der Waals surface area contributed by atoms with Crippen molar-refractivity contribution in [2.45, 2.75) is 26.8 Å². The van der Waals surface area contributed by atoms with Gasteiger partial charge >= 0.3 is 0 Å². The Morgan fingerprint density at radius 3 is 2.71 bits per heavy atom. The fourth-order valence-electron chi connectivity index (χ4n) is 2.34. The first-order valence-corrected chi connectivity index (χ1v) is 7.49. The predicted octanol–water partition coefficient (Wildman–Crippen LogP) is 3.11. The van der Waals surface area contributed by atoms with Crippen molar-refractivity contribution in [2.24, 2.45) is 0 Å². The summed E-state index contributed by atoms with van der Waals surface area (Å²) in [7, 11) is 0. The molecule has 2 aromatic heterocycles. The summed E-state index contributed by atoms with van der Waals surface area (Å²) in [5.74, 6) is -0.675. The molecule has 0 aliphatic heterocycles. The summed E-state index contributed by atoms with van der Waals surface area (Å²) < 4.78 is 20.8. The molecule has 3 rings (SSSR count). The molecule has 0 radical (unpaired) electrons. The highest BCUT2D eigenvalue weighted by molar-refractivity contribution is 5.91. The summed E-state index contributed by atoms with van der Waals surface area (Å²) >= 11 is 0. The zero-order valence-electron chi connectivity index (χ0n) is 13.6. The number of aryl methyl sites for hydroxylation is 2. The van der Waals surface area contributed by atoms with E-state index in [2.05, 4.69) is 15.6 Å². The normalized spacial score (nSPS) is 12.2. The zero-order valence-corrected chi connectivity index (χ0v) is 13.6. The first-order valence-electron chi connectivity index (χ1n) is 7.49. The van der Waals surface area contributed by atoms with Gasteiger partial charge in [-0.1, -0.05) is 11.2 Å². The molecular formula is C17H17FN4O2. The van der Waals surface area contributed by atoms with Gasteiger partial charge in [-0.15, -0.1) is 0 Å². The van der Waals surface area contributed by atoms with E-state index in [1.807, 2.05) is 6.92 Å². The number of rotatable bonds is 4. The van der Waals surface area contributed by atoms with Crippen LogP contribution in [0, 0.1) is 19.7 Å². The van der Waals surface area contributed by atoms with E-state index in [0.29, 0.717) is 16.9 Å². The molecule has 0 saturated carbocycles. The van der Waals surface area contributed by atoms with Gasteiger partial charge in [0.1, 0.15) is 11.5 Å². The van der Waals surface area contributed by atoms with E-state index in [4.69, 9.17) is 4.52 Å². The number of carbonyl (C=O) groups excluding carboxylic acids is 1. The van der Waals surface area contributed by atoms with Gasteiger partial charge in [-0.05, 0) is 44.0 Å². The monoisotopic (exact) mass is 328 g/mol. The van der Waals surface area contributed by atoms with Crippen LogP contribution in [0.15, 0.2) is 41.2 Å². The lowest BCUT2D eigenvalue weighted by atomic mass is 10.1. The number of aromatic nitrogens is 3. The van der Waals surface area contributed by atoms with Crippen molar-refractivity contribution < 1.29 is 13.7 Å². The van der Waals surface area contributed by atoms with Crippen molar-refractivity contribution in [3.05, 3.63) is 65.1 Å². The molecule has 0 aliphatic rings. The third kappa shape index (κ3) is 3.19. The smallest absolute Gasteiger partial charge is 0.290 e. The van der Waals surface area contributed by atoms with E-state index in [0.717, 1.165) is 5.56 Å². The molecular weight excluding hydrogens is 311 g/mol. The number of nitrogens with one attached hydrogen (secondary N) is 1. The van der Waals surface area contributed by atoms with E-state index in [1.54, 1.807) is 44.4 Å². The predicted molar refractivity (Wildman–Crippen MR) is 85.4 cm³/mol. The second-order valence-corrected chi connectivity index (χ2v) is 5.70. The van der Waals surface area contributed by atoms with Gasteiger partial charge in [-0.2, -0.15) is 5.10 Å². The second kappa shape index (κ2) is 6.27. The van der Waals surface area contributed by atoms with Gasteiger partial charge in [0, 0.05) is 12.3 Å². The molecule has 124 valence electrons. The average molecular weight is 328 g/mol. The number of nitrogens with zero attached hydrogens (tertiary/aromatic N) is 3. The largest absolute Gasteiger partial charge is 0.351 e. The topological polar surface area (TPSA) is 73.0 Å². The van der Waals surface area contributed by atoms with Gasteiger partial charge in [-0.25, -0.2) is 9.07 Å². The molecule has 24 heavy (non-hydrogen) atoms. The fourth-order valence-corrected chi connectivity index (χ4v) is 2.34. The standard InChI is InChI=1S/C17H17FN4O2/c1-10-8-19-22(9-10)15-5-4-13(7-14(15)18)12(3)20-17(23)16-6-11(2)21-24-16/h4-9,12H,1-3H3,(H,20,23)/t12-/m1/s1. The van der Waals surface area contributed by atoms with Crippen LogP contribution in [0.5, 0.6) is 0 Å². The second-order valence-electron chi connectivity index (χ2n) is 5.70. The molecule has 2 heterocycles. The quantitative estimate of drug-likeness (QED) is 0.799. The summed E-state index contributed by atoms with van der Waals surface area (Å²) in [5, 5.41) is 10.5. The van der Waals surface area contributed by atoms with Crippen LogP contribution in [0.2, 0.25) is 0 Å². The number of halogens is 1. The van der Waals surface area contributed by atoms with Crippen molar-refractivity contribution >= 4 is 5.91 Å². The summed E-state index contributed by atoms with van der Waals surface area (Å²) in [4.78, 5) is 12.1. The Hall–Kier alpha value is -2.96. The summed E-state index contributed by atoms with van der Waals surface area (Å²) in [6, 6.07) is 5.95. The Kier molecular flexibility index (Phi) is 4.16. The number of hydrogen-bond acceptors (Lipinski definition) is 4. The Morgan fingerprint density at radius 1 is 1.33 bits per heavy atom. The van der Waals surface area contributed by atoms with Gasteiger partial charge in [0.15, 0.2) is 0 Å². The summed E-state index contributed by atoms with van der Waals surface area (Å²) in [5.41, 5.74) is 2.57. The van der Waals surface area contributed by atoms with Crippen LogP contribution in [0.4, 0.5) is 4.39 Å². The van der Waals surface area contributed by atoms with Crippen molar-refractivity contribution in [3.63, 3.8) is 0 Å². The lowest BCUT2D eigenvalue weighted by Crippen LogP contribution is -2.26. The minimum atomic E-state index is -0.410. The highest BCUT2D eigenvalue weighted by Crippen LogP contribution is 2.20. The van der Waals surface area contributed by atoms with Crippen molar-refractivity contribution in [1.29, 1.82) is 0 Å². The molecule has 0 aliphatic carbocycles. The summed E-state index contributed by atoms with van der Waals surface area (Å²) in [6.45, 7) is 5.39. The molecule has 0 saturated heterocycles. The van der Waals surface area contributed by atoms with Crippen LogP contribution in [-0.4, -0.2) is 20.8 Å². The van der Waals surface area contributed by atoms with Crippen LogP contribution in [-0.2, 0) is 0 Å². The molecule has 0 bridgehead atoms. The number of hydrogen-bond donors (Lipinski definition) is 1. The van der Waals surface area contributed by atoms with Gasteiger partial charge < -0.3 is 9.84 Å². The molecule has 1 aromatic carbocycles. The first-order chi connectivity index (χ1) is 11.4. The third-order valence-electron chi connectivity index (χ3n) is 3.63. The molecule has 0 fully saturated rings. The SMILES string of the molecule is Cc1cnn(-c2ccc([C@@H](C)NC(=O)c3cc(C)no3)cc2F)c1. The maximum Gasteiger partial charge on any atom is 0.290 e. The maximum atomic E-state index is 14.4. The lowest BCUT2D eigenvalue weighted by Gasteiger charge is -2.14. The average Bonchev–Trinajstić information content (AvgIpc) is 3.15. The fraction of sp³-hybridized carbons (Fsp3) is 0.235. The highest BCUT2D eigenvalue weighted by Gasteiger charge is 2.17. The molecule has 0 unspecified atom stereocenters. The molecule has 0 spiro atoms. The Labute approximate surface area is 138 Å². The third-order valence-corrected chi connectivity index (χ3v) is 3.63. The number of benzene rings is 1. The maximum absolute atomic E-state index is 14.4. The van der Waals surface area contributed by atoms with Crippen LogP contribution >= 0.6 is 0 Å². The van der Waals surface area contributed by atoms with Crippen LogP contribution in [0.25, 0.3) is 5.69 Å². The lowest BCUT2D eigenvalue weighted by molar-refractivity contribution is 0.0902. The zero-order chi connectivity index (χ0) is 17.3. The Balaban J connectivity index is 1.77. The van der Waals surface area contributed by atoms with Crippen LogP contribution in [0.1, 0.15) is 40.3 Å². The number of carbonyl (C=O) groups is 1. The minimum absolute atomic E-state index is 0.128. The van der Waals surface area contributed by atoms with E-state index in [-0.39, 0.29) is 11.8 Å². The van der Waals surface area contributed by atoms with E-state index in [9.17, 15) is 9.18 Å². The van der Waals surface area contributed by atoms with Gasteiger partial charge in [0.05, 0.1) is 17.9 Å². The van der Waals surface area contributed by atoms with Crippen LogP contribution < -0.4 is 5.32 Å². The Morgan fingerprint density at radius 2 is 2.12 bits per heavy atom. The molecule has 1 atom stereocenters. The summed E-state index contributed by atoms with van der Waals surface area (Å²) in [6.07, 6.45) is 3.41.